The van der Waals surface area contributed by atoms with Gasteiger partial charge in [-0.3, -0.25) is 10.1 Å². The van der Waals surface area contributed by atoms with E-state index in [1.54, 1.807) is 33.0 Å². The van der Waals surface area contributed by atoms with Crippen LogP contribution in [0, 0.1) is 12.8 Å². The summed E-state index contributed by atoms with van der Waals surface area (Å²) >= 11 is 0. The van der Waals surface area contributed by atoms with Crippen LogP contribution in [0.25, 0.3) is 0 Å². The average molecular weight is 420 g/mol. The third kappa shape index (κ3) is 6.33. The first-order chi connectivity index (χ1) is 14.0. The molecule has 0 aromatic carbocycles. The first-order valence-electron chi connectivity index (χ1n) is 10.3. The van der Waals surface area contributed by atoms with Crippen molar-refractivity contribution in [2.24, 2.45) is 5.92 Å². The van der Waals surface area contributed by atoms with Crippen molar-refractivity contribution in [1.82, 2.24) is 20.3 Å². The molecule has 9 heteroatoms. The molecular formula is C21H33N5O4. The molecule has 0 bridgehead atoms. The van der Waals surface area contributed by atoms with Crippen LogP contribution < -0.4 is 10.6 Å². The van der Waals surface area contributed by atoms with Gasteiger partial charge in [-0.25, -0.2) is 24.6 Å². The Balaban J connectivity index is 2.12. The minimum atomic E-state index is -0.796. The topological polar surface area (TPSA) is 104 Å². The van der Waals surface area contributed by atoms with Gasteiger partial charge in [0.05, 0.1) is 0 Å². The molecule has 0 aliphatic carbocycles. The number of carbonyl (C=O) groups is 3. The van der Waals surface area contributed by atoms with Crippen molar-refractivity contribution in [3.63, 3.8) is 0 Å². The lowest BCUT2D eigenvalue weighted by atomic mass is 9.98. The zero-order valence-corrected chi connectivity index (χ0v) is 18.7. The Morgan fingerprint density at radius 2 is 1.87 bits per heavy atom. The first-order valence-corrected chi connectivity index (χ1v) is 10.3. The fourth-order valence-electron chi connectivity index (χ4n) is 3.05. The maximum Gasteiger partial charge on any atom is 0.408 e. The van der Waals surface area contributed by atoms with E-state index in [2.05, 4.69) is 15.6 Å². The highest BCUT2D eigenvalue weighted by Gasteiger charge is 2.38. The summed E-state index contributed by atoms with van der Waals surface area (Å²) in [7, 11) is 0. The van der Waals surface area contributed by atoms with E-state index in [-0.39, 0.29) is 11.8 Å². The molecule has 0 unspecified atom stereocenters. The Hall–Kier alpha value is -2.84. The summed E-state index contributed by atoms with van der Waals surface area (Å²) in [5.41, 5.74) is 0.309. The molecule has 1 saturated heterocycles. The van der Waals surface area contributed by atoms with Crippen molar-refractivity contribution in [1.29, 1.82) is 0 Å². The van der Waals surface area contributed by atoms with Gasteiger partial charge in [0.15, 0.2) is 0 Å². The highest BCUT2D eigenvalue weighted by Crippen LogP contribution is 2.19. The molecule has 2 rings (SSSR count). The zero-order valence-electron chi connectivity index (χ0n) is 18.7. The van der Waals surface area contributed by atoms with E-state index in [0.717, 1.165) is 5.56 Å². The molecule has 4 amide bonds. The van der Waals surface area contributed by atoms with Crippen LogP contribution in [0.1, 0.15) is 53.0 Å². The number of nitrogens with one attached hydrogen (secondary N) is 2. The van der Waals surface area contributed by atoms with E-state index < -0.39 is 23.8 Å². The maximum atomic E-state index is 13.3. The summed E-state index contributed by atoms with van der Waals surface area (Å²) in [5.74, 6) is -0.0516. The number of aromatic nitrogens is 1. The number of hydrogen-bond acceptors (Lipinski definition) is 5. The number of carbonyl (C=O) groups excluding carboxylic acids is 3. The summed E-state index contributed by atoms with van der Waals surface area (Å²) < 4.78 is 5.32. The van der Waals surface area contributed by atoms with E-state index in [1.807, 2.05) is 26.8 Å². The van der Waals surface area contributed by atoms with Gasteiger partial charge in [-0.15, -0.1) is 0 Å². The summed E-state index contributed by atoms with van der Waals surface area (Å²) in [5, 5.41) is 8.18. The summed E-state index contributed by atoms with van der Waals surface area (Å²) in [6, 6.07) is 2.33. The Labute approximate surface area is 178 Å². The third-order valence-electron chi connectivity index (χ3n) is 4.82. The standard InChI is InChI=1S/C21H33N5O4/c1-7-15(3)17(24-20(29)30-21(4,5)6)18(27)25-11-8-12-26(25)19(28)23-16-10-9-14(2)13-22-16/h9-10,13,15,17H,7-8,11-12H2,1-6H3,(H,24,29)(H,22,23,28)/t15-,17-/m0/s1. The van der Waals surface area contributed by atoms with Gasteiger partial charge < -0.3 is 10.1 Å². The SMILES string of the molecule is CC[C@H](C)[C@H](NC(=O)OC(C)(C)C)C(=O)N1CCCN1C(=O)Nc1ccc(C)cn1. The molecule has 1 aromatic rings. The van der Waals surface area contributed by atoms with Crippen LogP contribution in [0.5, 0.6) is 0 Å². The first kappa shape index (κ1) is 23.4. The molecule has 1 aliphatic rings. The number of hydrazine groups is 1. The lowest BCUT2D eigenvalue weighted by Gasteiger charge is -2.33. The summed E-state index contributed by atoms with van der Waals surface area (Å²) in [6.45, 7) is 11.8. The second-order valence-electron chi connectivity index (χ2n) is 8.60. The number of aryl methyl sites for hydroxylation is 1. The largest absolute Gasteiger partial charge is 0.444 e. The van der Waals surface area contributed by atoms with Crippen LogP contribution in [-0.4, -0.2) is 57.8 Å². The predicted molar refractivity (Wildman–Crippen MR) is 114 cm³/mol. The fourth-order valence-corrected chi connectivity index (χ4v) is 3.05. The van der Waals surface area contributed by atoms with Gasteiger partial charge in [-0.1, -0.05) is 26.3 Å². The summed E-state index contributed by atoms with van der Waals surface area (Å²) in [6.07, 6.45) is 2.34. The maximum absolute atomic E-state index is 13.3. The smallest absolute Gasteiger partial charge is 0.408 e. The summed E-state index contributed by atoms with van der Waals surface area (Å²) in [4.78, 5) is 42.5. The molecule has 0 spiro atoms. The number of nitrogens with zero attached hydrogens (tertiary/aromatic N) is 3. The van der Waals surface area contributed by atoms with Crippen LogP contribution in [-0.2, 0) is 9.53 Å². The molecule has 1 aliphatic heterocycles. The number of hydrogen-bond donors (Lipinski definition) is 2. The van der Waals surface area contributed by atoms with Gasteiger partial charge in [0.2, 0.25) is 0 Å². The van der Waals surface area contributed by atoms with Crippen molar-refractivity contribution in [2.45, 2.75) is 66.0 Å². The quantitative estimate of drug-likeness (QED) is 0.762. The fraction of sp³-hybridized carbons (Fsp3) is 0.619. The van der Waals surface area contributed by atoms with Crippen LogP contribution in [0.3, 0.4) is 0 Å². The molecule has 1 aromatic heterocycles. The van der Waals surface area contributed by atoms with E-state index in [1.165, 1.54) is 10.0 Å². The second-order valence-corrected chi connectivity index (χ2v) is 8.60. The number of pyridine rings is 1. The molecule has 0 radical (unpaired) electrons. The normalized spacial score (nSPS) is 16.1. The van der Waals surface area contributed by atoms with Gasteiger partial charge in [-0.05, 0) is 51.7 Å². The Morgan fingerprint density at radius 1 is 1.20 bits per heavy atom. The van der Waals surface area contributed by atoms with E-state index in [0.29, 0.717) is 31.7 Å². The lowest BCUT2D eigenvalue weighted by molar-refractivity contribution is -0.143. The monoisotopic (exact) mass is 419 g/mol. The van der Waals surface area contributed by atoms with Crippen LogP contribution in [0.4, 0.5) is 15.4 Å². The molecule has 1 fully saturated rings. The Kier molecular flexibility index (Phi) is 7.64. The van der Waals surface area contributed by atoms with Crippen molar-refractivity contribution in [3.8, 4) is 0 Å². The molecule has 2 N–H and O–H groups in total. The molecule has 0 saturated carbocycles. The van der Waals surface area contributed by atoms with Crippen LogP contribution in [0.2, 0.25) is 0 Å². The van der Waals surface area contributed by atoms with Crippen molar-refractivity contribution in [3.05, 3.63) is 23.9 Å². The van der Waals surface area contributed by atoms with E-state index in [9.17, 15) is 14.4 Å². The van der Waals surface area contributed by atoms with Crippen molar-refractivity contribution >= 4 is 23.8 Å². The average Bonchev–Trinajstić information content (AvgIpc) is 3.15. The number of rotatable bonds is 5. The molecule has 9 nitrogen and oxygen atoms in total. The van der Waals surface area contributed by atoms with Gasteiger partial charge in [0.1, 0.15) is 17.5 Å². The Morgan fingerprint density at radius 3 is 2.43 bits per heavy atom. The van der Waals surface area contributed by atoms with E-state index >= 15 is 0 Å². The molecule has 30 heavy (non-hydrogen) atoms. The van der Waals surface area contributed by atoms with Crippen molar-refractivity contribution < 1.29 is 19.1 Å². The molecule has 166 valence electrons. The number of ether oxygens (including phenoxy) is 1. The van der Waals surface area contributed by atoms with Crippen LogP contribution >= 0.6 is 0 Å². The lowest BCUT2D eigenvalue weighted by Crippen LogP contribution is -2.56. The number of urea groups is 1. The predicted octanol–water partition coefficient (Wildman–Crippen LogP) is 3.31. The highest BCUT2D eigenvalue weighted by molar-refractivity contribution is 5.92. The van der Waals surface area contributed by atoms with Gasteiger partial charge in [0, 0.05) is 19.3 Å². The molecule has 2 heterocycles. The highest BCUT2D eigenvalue weighted by atomic mass is 16.6. The van der Waals surface area contributed by atoms with E-state index in [4.69, 9.17) is 4.74 Å². The third-order valence-corrected chi connectivity index (χ3v) is 4.82. The van der Waals surface area contributed by atoms with Gasteiger partial charge >= 0.3 is 12.1 Å². The van der Waals surface area contributed by atoms with Crippen molar-refractivity contribution in [2.75, 3.05) is 18.4 Å². The minimum absolute atomic E-state index is 0.130. The van der Waals surface area contributed by atoms with Gasteiger partial charge in [0.25, 0.3) is 5.91 Å². The number of anilines is 1. The Bertz CT molecular complexity index is 760. The molecule has 2 atom stereocenters. The van der Waals surface area contributed by atoms with Gasteiger partial charge in [-0.2, -0.15) is 0 Å². The number of amides is 4. The number of alkyl carbamates (subject to hydrolysis) is 1. The zero-order chi connectivity index (χ0) is 22.5. The minimum Gasteiger partial charge on any atom is -0.444 e. The molecular weight excluding hydrogens is 386 g/mol. The van der Waals surface area contributed by atoms with Crippen LogP contribution in [0.15, 0.2) is 18.3 Å². The second kappa shape index (κ2) is 9.77.